The van der Waals surface area contributed by atoms with E-state index in [9.17, 15) is 4.39 Å². The number of nitrogens with zero attached hydrogens (tertiary/aromatic N) is 1. The van der Waals surface area contributed by atoms with Gasteiger partial charge in [-0.2, -0.15) is 0 Å². The number of aryl methyl sites for hydroxylation is 1. The van der Waals surface area contributed by atoms with E-state index in [1.807, 2.05) is 19.1 Å². The van der Waals surface area contributed by atoms with Gasteiger partial charge in [0, 0.05) is 13.1 Å². The van der Waals surface area contributed by atoms with Crippen LogP contribution in [-0.4, -0.2) is 7.05 Å². The van der Waals surface area contributed by atoms with E-state index in [0.29, 0.717) is 11.6 Å². The van der Waals surface area contributed by atoms with Gasteiger partial charge in [-0.15, -0.1) is 0 Å². The van der Waals surface area contributed by atoms with Crippen molar-refractivity contribution in [2.45, 2.75) is 6.92 Å². The van der Waals surface area contributed by atoms with Crippen molar-refractivity contribution < 1.29 is 8.81 Å². The SMILES string of the molecule is Cc1ccc(N(C)c2cccc(F)c2N)o1. The molecule has 4 heteroatoms. The zero-order valence-corrected chi connectivity index (χ0v) is 9.20. The molecule has 1 aromatic carbocycles. The van der Waals surface area contributed by atoms with Crippen LogP contribution < -0.4 is 10.6 Å². The molecule has 0 spiro atoms. The van der Waals surface area contributed by atoms with E-state index in [2.05, 4.69) is 0 Å². The minimum Gasteiger partial charge on any atom is -0.446 e. The largest absolute Gasteiger partial charge is 0.446 e. The minimum absolute atomic E-state index is 0.124. The van der Waals surface area contributed by atoms with Crippen LogP contribution in [0.2, 0.25) is 0 Å². The van der Waals surface area contributed by atoms with E-state index >= 15 is 0 Å². The van der Waals surface area contributed by atoms with Crippen molar-refractivity contribution >= 4 is 17.3 Å². The summed E-state index contributed by atoms with van der Waals surface area (Å²) < 4.78 is 18.7. The Labute approximate surface area is 93.3 Å². The average molecular weight is 220 g/mol. The maximum atomic E-state index is 13.3. The molecule has 0 radical (unpaired) electrons. The lowest BCUT2D eigenvalue weighted by atomic mass is 10.2. The van der Waals surface area contributed by atoms with Gasteiger partial charge in [0.25, 0.3) is 0 Å². The highest BCUT2D eigenvalue weighted by molar-refractivity contribution is 5.72. The molecule has 0 aliphatic carbocycles. The molecule has 1 aromatic heterocycles. The van der Waals surface area contributed by atoms with Gasteiger partial charge in [0.2, 0.25) is 0 Å². The molecule has 0 aliphatic heterocycles. The zero-order valence-electron chi connectivity index (χ0n) is 9.20. The molecular formula is C12H13FN2O. The fourth-order valence-electron chi connectivity index (χ4n) is 1.54. The van der Waals surface area contributed by atoms with Crippen LogP contribution in [0.3, 0.4) is 0 Å². The molecule has 1 heterocycles. The first-order valence-electron chi connectivity index (χ1n) is 4.94. The van der Waals surface area contributed by atoms with Gasteiger partial charge in [-0.05, 0) is 25.1 Å². The van der Waals surface area contributed by atoms with Crippen molar-refractivity contribution in [2.24, 2.45) is 0 Å². The Morgan fingerprint density at radius 2 is 2.00 bits per heavy atom. The number of anilines is 3. The van der Waals surface area contributed by atoms with Crippen molar-refractivity contribution in [2.75, 3.05) is 17.7 Å². The molecule has 16 heavy (non-hydrogen) atoms. The second-order valence-electron chi connectivity index (χ2n) is 3.62. The van der Waals surface area contributed by atoms with Crippen molar-refractivity contribution in [3.8, 4) is 0 Å². The molecule has 2 aromatic rings. The van der Waals surface area contributed by atoms with Gasteiger partial charge in [-0.25, -0.2) is 4.39 Å². The third-order valence-electron chi connectivity index (χ3n) is 2.45. The maximum Gasteiger partial charge on any atom is 0.199 e. The van der Waals surface area contributed by atoms with Crippen LogP contribution in [0.4, 0.5) is 21.6 Å². The van der Waals surface area contributed by atoms with Crippen molar-refractivity contribution in [1.29, 1.82) is 0 Å². The number of benzene rings is 1. The molecule has 0 atom stereocenters. The summed E-state index contributed by atoms with van der Waals surface area (Å²) in [5.74, 6) is 1.01. The topological polar surface area (TPSA) is 42.4 Å². The summed E-state index contributed by atoms with van der Waals surface area (Å²) in [5, 5.41) is 0. The number of hydrogen-bond acceptors (Lipinski definition) is 3. The normalized spacial score (nSPS) is 10.4. The highest BCUT2D eigenvalue weighted by Gasteiger charge is 2.12. The van der Waals surface area contributed by atoms with Gasteiger partial charge in [0.05, 0.1) is 11.4 Å². The van der Waals surface area contributed by atoms with E-state index in [1.165, 1.54) is 6.07 Å². The van der Waals surface area contributed by atoms with E-state index in [1.54, 1.807) is 24.1 Å². The van der Waals surface area contributed by atoms with Crippen LogP contribution in [0.15, 0.2) is 34.7 Å². The lowest BCUT2D eigenvalue weighted by molar-refractivity contribution is 0.538. The highest BCUT2D eigenvalue weighted by Crippen LogP contribution is 2.31. The van der Waals surface area contributed by atoms with Gasteiger partial charge < -0.3 is 15.1 Å². The minimum atomic E-state index is -0.423. The summed E-state index contributed by atoms with van der Waals surface area (Å²) in [7, 11) is 1.78. The number of nitrogens with two attached hydrogens (primary N) is 1. The zero-order chi connectivity index (χ0) is 11.7. The fourth-order valence-corrected chi connectivity index (χ4v) is 1.54. The second kappa shape index (κ2) is 3.89. The summed E-state index contributed by atoms with van der Waals surface area (Å²) in [6, 6.07) is 8.37. The first kappa shape index (κ1) is 10.5. The molecule has 0 unspecified atom stereocenters. The lowest BCUT2D eigenvalue weighted by Crippen LogP contribution is -2.11. The molecule has 0 bridgehead atoms. The van der Waals surface area contributed by atoms with Gasteiger partial charge in [0.15, 0.2) is 5.88 Å². The lowest BCUT2D eigenvalue weighted by Gasteiger charge is -2.18. The van der Waals surface area contributed by atoms with Gasteiger partial charge in [-0.1, -0.05) is 6.07 Å². The van der Waals surface area contributed by atoms with E-state index in [-0.39, 0.29) is 5.69 Å². The van der Waals surface area contributed by atoms with Crippen molar-refractivity contribution in [1.82, 2.24) is 0 Å². The quantitative estimate of drug-likeness (QED) is 0.791. The number of hydrogen-bond donors (Lipinski definition) is 1. The summed E-state index contributed by atoms with van der Waals surface area (Å²) >= 11 is 0. The average Bonchev–Trinajstić information content (AvgIpc) is 2.68. The predicted molar refractivity (Wildman–Crippen MR) is 62.3 cm³/mol. The number of halogens is 1. The molecular weight excluding hydrogens is 207 g/mol. The monoisotopic (exact) mass is 220 g/mol. The summed E-state index contributed by atoms with van der Waals surface area (Å²) in [6.07, 6.45) is 0. The molecule has 0 fully saturated rings. The summed E-state index contributed by atoms with van der Waals surface area (Å²) in [4.78, 5) is 1.71. The molecule has 0 saturated carbocycles. The Balaban J connectivity index is 2.41. The van der Waals surface area contributed by atoms with Crippen LogP contribution in [0.25, 0.3) is 0 Å². The molecule has 84 valence electrons. The Bertz CT molecular complexity index is 507. The first-order valence-corrected chi connectivity index (χ1v) is 4.94. The Morgan fingerprint density at radius 1 is 1.25 bits per heavy atom. The predicted octanol–water partition coefficient (Wildman–Crippen LogP) is 3.08. The Kier molecular flexibility index (Phi) is 2.56. The molecule has 0 aliphatic rings. The fraction of sp³-hybridized carbons (Fsp3) is 0.167. The first-order chi connectivity index (χ1) is 7.59. The van der Waals surface area contributed by atoms with E-state index in [0.717, 1.165) is 5.76 Å². The number of nitrogen functional groups attached to an aromatic ring is 1. The summed E-state index contributed by atoms with van der Waals surface area (Å²) in [6.45, 7) is 1.85. The molecule has 3 nitrogen and oxygen atoms in total. The van der Waals surface area contributed by atoms with Crippen LogP contribution in [0, 0.1) is 12.7 Å². The van der Waals surface area contributed by atoms with E-state index in [4.69, 9.17) is 10.2 Å². The smallest absolute Gasteiger partial charge is 0.199 e. The van der Waals surface area contributed by atoms with Crippen molar-refractivity contribution in [3.05, 3.63) is 41.9 Å². The number of para-hydroxylation sites is 1. The Hall–Kier alpha value is -1.97. The number of furan rings is 1. The van der Waals surface area contributed by atoms with Crippen LogP contribution in [0.5, 0.6) is 0 Å². The van der Waals surface area contributed by atoms with Crippen molar-refractivity contribution in [3.63, 3.8) is 0 Å². The standard InChI is InChI=1S/C12H13FN2O/c1-8-6-7-11(16-8)15(2)10-5-3-4-9(13)12(10)14/h3-7H,14H2,1-2H3. The maximum absolute atomic E-state index is 13.3. The van der Waals surface area contributed by atoms with Gasteiger partial charge >= 0.3 is 0 Å². The van der Waals surface area contributed by atoms with E-state index < -0.39 is 5.82 Å². The molecule has 2 rings (SSSR count). The highest BCUT2D eigenvalue weighted by atomic mass is 19.1. The number of rotatable bonds is 2. The van der Waals surface area contributed by atoms with Crippen LogP contribution >= 0.6 is 0 Å². The molecule has 0 saturated heterocycles. The van der Waals surface area contributed by atoms with Gasteiger partial charge in [-0.3, -0.25) is 0 Å². The van der Waals surface area contributed by atoms with Crippen LogP contribution in [-0.2, 0) is 0 Å². The molecule has 0 amide bonds. The third-order valence-corrected chi connectivity index (χ3v) is 2.45. The second-order valence-corrected chi connectivity index (χ2v) is 3.62. The van der Waals surface area contributed by atoms with Gasteiger partial charge in [0.1, 0.15) is 11.6 Å². The molecule has 2 N–H and O–H groups in total. The third kappa shape index (κ3) is 1.74. The summed E-state index contributed by atoms with van der Waals surface area (Å²) in [5.41, 5.74) is 6.39. The van der Waals surface area contributed by atoms with Crippen LogP contribution in [0.1, 0.15) is 5.76 Å². The Morgan fingerprint density at radius 3 is 2.62 bits per heavy atom.